The van der Waals surface area contributed by atoms with Gasteiger partial charge in [0, 0.05) is 65.4 Å². The van der Waals surface area contributed by atoms with Crippen LogP contribution in [0.1, 0.15) is 65.2 Å². The summed E-state index contributed by atoms with van der Waals surface area (Å²) in [4.78, 5) is 0. The molecule has 0 aliphatic heterocycles. The molecule has 2 radical (unpaired) electrons. The second-order valence-electron chi connectivity index (χ2n) is 5.46. The molecule has 3 heteroatoms. The molecule has 1 nitrogen and oxygen atoms in total. The molecule has 0 amide bonds. The van der Waals surface area contributed by atoms with Crippen LogP contribution in [0.25, 0.3) is 0 Å². The molecule has 2 aliphatic carbocycles. The standard InChI is InChI=1S/C14H25N.2Y/c1-11-7-3-5-9-13(11)15-14-10-6-4-8-12(14)2;;/h13-15H,3-10H2,1-2H3;;/q-2;;. The average molecular weight is 385 g/mol. The average Bonchev–Trinajstić information content (AvgIpc) is 2.24. The molecular formula is C14H25NY2-2. The van der Waals surface area contributed by atoms with E-state index in [1.54, 1.807) is 11.8 Å². The summed E-state index contributed by atoms with van der Waals surface area (Å²) in [5, 5.41) is 3.88. The van der Waals surface area contributed by atoms with E-state index in [9.17, 15) is 0 Å². The molecule has 94 valence electrons. The summed E-state index contributed by atoms with van der Waals surface area (Å²) in [7, 11) is 0. The van der Waals surface area contributed by atoms with Crippen molar-refractivity contribution < 1.29 is 65.4 Å². The van der Waals surface area contributed by atoms with E-state index < -0.39 is 0 Å². The van der Waals surface area contributed by atoms with Crippen molar-refractivity contribution in [3.63, 3.8) is 0 Å². The third-order valence-corrected chi connectivity index (χ3v) is 4.22. The Bertz CT molecular complexity index is 179. The summed E-state index contributed by atoms with van der Waals surface area (Å²) in [6.45, 7) is 4.68. The number of hydrogen-bond donors (Lipinski definition) is 1. The molecule has 0 aromatic carbocycles. The van der Waals surface area contributed by atoms with E-state index in [0.29, 0.717) is 0 Å². The van der Waals surface area contributed by atoms with Gasteiger partial charge in [0.15, 0.2) is 0 Å². The Kier molecular flexibility index (Phi) is 11.2. The molecule has 2 fully saturated rings. The van der Waals surface area contributed by atoms with Crippen LogP contribution in [0.15, 0.2) is 0 Å². The van der Waals surface area contributed by atoms with Crippen molar-refractivity contribution in [1.29, 1.82) is 0 Å². The SMILES string of the molecule is C[C-]1CCCCC1NC1CCCC[C-]1C.[Y].[Y]. The topological polar surface area (TPSA) is 12.0 Å². The second-order valence-corrected chi connectivity index (χ2v) is 5.46. The van der Waals surface area contributed by atoms with E-state index in [1.807, 2.05) is 0 Å². The zero-order valence-corrected chi connectivity index (χ0v) is 17.1. The maximum absolute atomic E-state index is 3.88. The van der Waals surface area contributed by atoms with Gasteiger partial charge in [-0.15, -0.1) is 12.1 Å². The van der Waals surface area contributed by atoms with Gasteiger partial charge in [0.05, 0.1) is 0 Å². The molecule has 2 saturated carbocycles. The Balaban J connectivity index is 0.00000128. The summed E-state index contributed by atoms with van der Waals surface area (Å²) in [5.74, 6) is 3.39. The van der Waals surface area contributed by atoms with E-state index in [2.05, 4.69) is 19.2 Å². The van der Waals surface area contributed by atoms with Gasteiger partial charge in [-0.2, -0.15) is 26.7 Å². The van der Waals surface area contributed by atoms with Gasteiger partial charge in [-0.3, -0.25) is 0 Å². The molecule has 2 unspecified atom stereocenters. The summed E-state index contributed by atoms with van der Waals surface area (Å²) in [6.07, 6.45) is 11.1. The van der Waals surface area contributed by atoms with Gasteiger partial charge >= 0.3 is 0 Å². The number of rotatable bonds is 2. The molecule has 0 spiro atoms. The first-order valence-corrected chi connectivity index (χ1v) is 6.68. The Labute approximate surface area is 158 Å². The second kappa shape index (κ2) is 9.98. The van der Waals surface area contributed by atoms with Crippen LogP contribution in [0.3, 0.4) is 0 Å². The van der Waals surface area contributed by atoms with Crippen molar-refractivity contribution in [1.82, 2.24) is 5.32 Å². The first-order chi connectivity index (χ1) is 7.27. The zero-order valence-electron chi connectivity index (χ0n) is 11.5. The van der Waals surface area contributed by atoms with Crippen LogP contribution in [-0.2, 0) is 65.4 Å². The molecule has 0 heterocycles. The molecule has 2 rings (SSSR count). The van der Waals surface area contributed by atoms with Crippen molar-refractivity contribution in [2.45, 2.75) is 77.3 Å². The Morgan fingerprint density at radius 2 is 1.18 bits per heavy atom. The molecule has 2 aliphatic rings. The van der Waals surface area contributed by atoms with E-state index >= 15 is 0 Å². The largest absolute Gasteiger partial charge is 0.369 e. The Morgan fingerprint density at radius 3 is 1.53 bits per heavy atom. The van der Waals surface area contributed by atoms with Crippen LogP contribution >= 0.6 is 0 Å². The quantitative estimate of drug-likeness (QED) is 0.716. The van der Waals surface area contributed by atoms with Crippen molar-refractivity contribution in [3.05, 3.63) is 11.8 Å². The Hall–Kier alpha value is 2.17. The monoisotopic (exact) mass is 385 g/mol. The molecular weight excluding hydrogens is 360 g/mol. The van der Waals surface area contributed by atoms with Gasteiger partial charge in [0.2, 0.25) is 0 Å². The van der Waals surface area contributed by atoms with Gasteiger partial charge in [-0.1, -0.05) is 38.5 Å². The van der Waals surface area contributed by atoms with Crippen LogP contribution in [0.2, 0.25) is 0 Å². The minimum atomic E-state index is 0. The fourth-order valence-electron chi connectivity index (χ4n) is 3.04. The fourth-order valence-corrected chi connectivity index (χ4v) is 3.04. The van der Waals surface area contributed by atoms with Gasteiger partial charge in [-0.25, -0.2) is 0 Å². The molecule has 0 aromatic heterocycles. The Morgan fingerprint density at radius 1 is 0.765 bits per heavy atom. The van der Waals surface area contributed by atoms with Crippen molar-refractivity contribution in [3.8, 4) is 0 Å². The molecule has 17 heavy (non-hydrogen) atoms. The van der Waals surface area contributed by atoms with Gasteiger partial charge in [0.1, 0.15) is 0 Å². The van der Waals surface area contributed by atoms with E-state index in [4.69, 9.17) is 0 Å². The zero-order chi connectivity index (χ0) is 10.7. The summed E-state index contributed by atoms with van der Waals surface area (Å²) in [5.41, 5.74) is 0. The van der Waals surface area contributed by atoms with Crippen molar-refractivity contribution >= 4 is 0 Å². The third kappa shape index (κ3) is 5.99. The summed E-state index contributed by atoms with van der Waals surface area (Å²) in [6, 6.07) is 1.44. The summed E-state index contributed by atoms with van der Waals surface area (Å²) >= 11 is 0. The van der Waals surface area contributed by atoms with Crippen LogP contribution in [-0.4, -0.2) is 12.1 Å². The minimum Gasteiger partial charge on any atom is -0.369 e. The van der Waals surface area contributed by atoms with Gasteiger partial charge < -0.3 is 17.2 Å². The first-order valence-electron chi connectivity index (χ1n) is 6.68. The maximum atomic E-state index is 3.88. The molecule has 2 atom stereocenters. The molecule has 1 N–H and O–H groups in total. The minimum absolute atomic E-state index is 0. The van der Waals surface area contributed by atoms with Crippen molar-refractivity contribution in [2.75, 3.05) is 0 Å². The third-order valence-electron chi connectivity index (χ3n) is 4.22. The molecule has 0 bridgehead atoms. The maximum Gasteiger partial charge on any atom is 0 e. The van der Waals surface area contributed by atoms with E-state index in [-0.39, 0.29) is 65.4 Å². The molecule has 0 aromatic rings. The van der Waals surface area contributed by atoms with Gasteiger partial charge in [-0.05, 0) is 0 Å². The van der Waals surface area contributed by atoms with Gasteiger partial charge in [0.25, 0.3) is 0 Å². The first kappa shape index (κ1) is 19.2. The van der Waals surface area contributed by atoms with Crippen LogP contribution in [0.4, 0.5) is 0 Å². The number of nitrogens with one attached hydrogen (secondary N) is 1. The molecule has 0 saturated heterocycles. The van der Waals surface area contributed by atoms with E-state index in [1.165, 1.54) is 51.4 Å². The van der Waals surface area contributed by atoms with Crippen molar-refractivity contribution in [2.24, 2.45) is 0 Å². The fraction of sp³-hybridized carbons (Fsp3) is 0.857. The number of hydrogen-bond acceptors (Lipinski definition) is 1. The predicted molar refractivity (Wildman–Crippen MR) is 65.5 cm³/mol. The predicted octanol–water partition coefficient (Wildman–Crippen LogP) is 3.64. The smallest absolute Gasteiger partial charge is 0 e. The normalized spacial score (nSPS) is 31.4. The van der Waals surface area contributed by atoms with Crippen LogP contribution in [0.5, 0.6) is 0 Å². The summed E-state index contributed by atoms with van der Waals surface area (Å²) < 4.78 is 0. The van der Waals surface area contributed by atoms with Crippen LogP contribution < -0.4 is 5.32 Å². The van der Waals surface area contributed by atoms with E-state index in [0.717, 1.165) is 12.1 Å². The van der Waals surface area contributed by atoms with Crippen LogP contribution in [0, 0.1) is 11.8 Å².